The molecule has 1 rings (SSSR count). The Morgan fingerprint density at radius 2 is 2.20 bits per heavy atom. The van der Waals surface area contributed by atoms with E-state index in [2.05, 4.69) is 20.8 Å². The monoisotopic (exact) mass is 283 g/mol. The maximum absolute atomic E-state index is 11.7. The van der Waals surface area contributed by atoms with Gasteiger partial charge in [0.1, 0.15) is 6.33 Å². The van der Waals surface area contributed by atoms with Crippen LogP contribution in [0.15, 0.2) is 6.33 Å². The number of carbonyl (C=O) groups is 2. The van der Waals surface area contributed by atoms with Gasteiger partial charge >= 0.3 is 12.0 Å². The van der Waals surface area contributed by atoms with Gasteiger partial charge < -0.3 is 20.3 Å². The van der Waals surface area contributed by atoms with Gasteiger partial charge in [-0.3, -0.25) is 4.79 Å². The highest BCUT2D eigenvalue weighted by molar-refractivity contribution is 5.76. The minimum atomic E-state index is -0.895. The lowest BCUT2D eigenvalue weighted by Gasteiger charge is -2.16. The van der Waals surface area contributed by atoms with Gasteiger partial charge in [0, 0.05) is 13.6 Å². The quantitative estimate of drug-likeness (QED) is 0.681. The summed E-state index contributed by atoms with van der Waals surface area (Å²) in [5.41, 5.74) is 0. The number of carboxylic acid groups (broad SMARTS) is 1. The number of urea groups is 1. The fourth-order valence-electron chi connectivity index (χ4n) is 1.87. The molecule has 2 atom stereocenters. The van der Waals surface area contributed by atoms with Gasteiger partial charge in [-0.05, 0) is 13.3 Å². The van der Waals surface area contributed by atoms with Gasteiger partial charge in [-0.1, -0.05) is 13.3 Å². The minimum absolute atomic E-state index is 0.112. The molecule has 8 heteroatoms. The van der Waals surface area contributed by atoms with E-state index in [9.17, 15) is 9.59 Å². The van der Waals surface area contributed by atoms with Gasteiger partial charge in [0.05, 0.1) is 12.0 Å². The summed E-state index contributed by atoms with van der Waals surface area (Å²) >= 11 is 0. The van der Waals surface area contributed by atoms with E-state index in [1.165, 1.54) is 0 Å². The topological polar surface area (TPSA) is 109 Å². The molecule has 0 fully saturated rings. The van der Waals surface area contributed by atoms with Crippen LogP contribution in [0.1, 0.15) is 38.6 Å². The van der Waals surface area contributed by atoms with E-state index in [0.717, 1.165) is 6.42 Å². The molecule has 0 saturated heterocycles. The molecule has 0 aliphatic carbocycles. The van der Waals surface area contributed by atoms with Crippen molar-refractivity contribution in [3.63, 3.8) is 0 Å². The molecule has 3 N–H and O–H groups in total. The maximum atomic E-state index is 11.7. The molecule has 112 valence electrons. The zero-order valence-electron chi connectivity index (χ0n) is 12.0. The lowest BCUT2D eigenvalue weighted by atomic mass is 10.0. The zero-order valence-corrected chi connectivity index (χ0v) is 12.0. The van der Waals surface area contributed by atoms with Crippen LogP contribution in [0.2, 0.25) is 0 Å². The van der Waals surface area contributed by atoms with Crippen LogP contribution in [0.5, 0.6) is 0 Å². The van der Waals surface area contributed by atoms with E-state index in [1.807, 2.05) is 6.92 Å². The Hall–Kier alpha value is -2.12. The van der Waals surface area contributed by atoms with Gasteiger partial charge in [-0.25, -0.2) is 4.79 Å². The summed E-state index contributed by atoms with van der Waals surface area (Å²) < 4.78 is 1.71. The van der Waals surface area contributed by atoms with Crippen molar-refractivity contribution in [2.75, 3.05) is 6.54 Å². The van der Waals surface area contributed by atoms with E-state index in [4.69, 9.17) is 5.11 Å². The zero-order chi connectivity index (χ0) is 15.1. The first-order valence-corrected chi connectivity index (χ1v) is 6.56. The predicted octanol–water partition coefficient (Wildman–Crippen LogP) is 0.676. The number of aliphatic carboxylic acids is 1. The highest BCUT2D eigenvalue weighted by Gasteiger charge is 2.18. The Morgan fingerprint density at radius 1 is 1.50 bits per heavy atom. The summed E-state index contributed by atoms with van der Waals surface area (Å²) in [6.07, 6.45) is 2.84. The third-order valence-electron chi connectivity index (χ3n) is 2.98. The van der Waals surface area contributed by atoms with Gasteiger partial charge in [0.25, 0.3) is 0 Å². The predicted molar refractivity (Wildman–Crippen MR) is 72.0 cm³/mol. The van der Waals surface area contributed by atoms with Crippen LogP contribution >= 0.6 is 0 Å². The fraction of sp³-hybridized carbons (Fsp3) is 0.667. The molecule has 2 unspecified atom stereocenters. The molecular formula is C12H21N5O3. The molecule has 8 nitrogen and oxygen atoms in total. The van der Waals surface area contributed by atoms with Gasteiger partial charge in [-0.2, -0.15) is 0 Å². The Balaban J connectivity index is 2.43. The molecule has 1 aromatic rings. The van der Waals surface area contributed by atoms with Crippen LogP contribution in [0, 0.1) is 5.92 Å². The molecule has 20 heavy (non-hydrogen) atoms. The largest absolute Gasteiger partial charge is 0.481 e. The minimum Gasteiger partial charge on any atom is -0.481 e. The standard InChI is InChI=1S/C12H21N5O3/c1-4-5-9(11(18)19)6-13-12(20)15-8(2)10-16-14-7-17(10)3/h7-9H,4-6H2,1-3H3,(H,18,19)(H2,13,15,20). The molecule has 0 aliphatic rings. The third kappa shape index (κ3) is 4.52. The summed E-state index contributed by atoms with van der Waals surface area (Å²) in [5, 5.41) is 21.9. The number of hydrogen-bond acceptors (Lipinski definition) is 4. The summed E-state index contributed by atoms with van der Waals surface area (Å²) in [5.74, 6) is -0.826. The summed E-state index contributed by atoms with van der Waals surface area (Å²) in [6, 6.07) is -0.722. The highest BCUT2D eigenvalue weighted by Crippen LogP contribution is 2.07. The molecule has 0 aliphatic heterocycles. The number of hydrogen-bond donors (Lipinski definition) is 3. The van der Waals surface area contributed by atoms with Gasteiger partial charge in [-0.15, -0.1) is 10.2 Å². The lowest BCUT2D eigenvalue weighted by Crippen LogP contribution is -2.41. The van der Waals surface area contributed by atoms with Crippen LogP contribution in [-0.2, 0) is 11.8 Å². The lowest BCUT2D eigenvalue weighted by molar-refractivity contribution is -0.141. The average molecular weight is 283 g/mol. The Kier molecular flexibility index (Phi) is 5.95. The molecular weight excluding hydrogens is 262 g/mol. The van der Waals surface area contributed by atoms with Crippen molar-refractivity contribution in [3.05, 3.63) is 12.2 Å². The van der Waals surface area contributed by atoms with Gasteiger partial charge in [0.2, 0.25) is 0 Å². The number of amides is 2. The van der Waals surface area contributed by atoms with E-state index < -0.39 is 17.9 Å². The van der Waals surface area contributed by atoms with Crippen LogP contribution < -0.4 is 10.6 Å². The first kappa shape index (κ1) is 15.9. The van der Waals surface area contributed by atoms with Crippen molar-refractivity contribution in [2.45, 2.75) is 32.7 Å². The fourth-order valence-corrected chi connectivity index (χ4v) is 1.87. The Labute approximate surface area is 117 Å². The summed E-state index contributed by atoms with van der Waals surface area (Å²) in [4.78, 5) is 22.7. The Bertz CT molecular complexity index is 460. The molecule has 0 radical (unpaired) electrons. The molecule has 0 aromatic carbocycles. The highest BCUT2D eigenvalue weighted by atomic mass is 16.4. The number of nitrogens with one attached hydrogen (secondary N) is 2. The summed E-state index contributed by atoms with van der Waals surface area (Å²) in [6.45, 7) is 3.80. The Morgan fingerprint density at radius 3 is 2.70 bits per heavy atom. The van der Waals surface area contributed by atoms with Crippen LogP contribution in [0.3, 0.4) is 0 Å². The van der Waals surface area contributed by atoms with E-state index in [1.54, 1.807) is 24.9 Å². The molecule has 1 aromatic heterocycles. The van der Waals surface area contributed by atoms with Crippen molar-refractivity contribution < 1.29 is 14.7 Å². The first-order valence-electron chi connectivity index (χ1n) is 6.56. The number of rotatable bonds is 7. The normalized spacial score (nSPS) is 13.6. The molecule has 0 spiro atoms. The number of aromatic nitrogens is 3. The van der Waals surface area contributed by atoms with Crippen molar-refractivity contribution >= 4 is 12.0 Å². The van der Waals surface area contributed by atoms with Crippen LogP contribution in [0.25, 0.3) is 0 Å². The second-order valence-electron chi connectivity index (χ2n) is 4.70. The number of aryl methyl sites for hydroxylation is 1. The third-order valence-corrected chi connectivity index (χ3v) is 2.98. The number of carboxylic acids is 1. The van der Waals surface area contributed by atoms with E-state index >= 15 is 0 Å². The van der Waals surface area contributed by atoms with Crippen LogP contribution in [-0.4, -0.2) is 38.4 Å². The SMILES string of the molecule is CCCC(CNC(=O)NC(C)c1nncn1C)C(=O)O. The number of nitrogens with zero attached hydrogens (tertiary/aromatic N) is 3. The van der Waals surface area contributed by atoms with Gasteiger partial charge in [0.15, 0.2) is 5.82 Å². The second kappa shape index (κ2) is 7.46. The molecule has 0 bridgehead atoms. The van der Waals surface area contributed by atoms with Crippen molar-refractivity contribution in [2.24, 2.45) is 13.0 Å². The van der Waals surface area contributed by atoms with E-state index in [-0.39, 0.29) is 12.6 Å². The van der Waals surface area contributed by atoms with Crippen molar-refractivity contribution in [3.8, 4) is 0 Å². The molecule has 0 saturated carbocycles. The first-order chi connectivity index (χ1) is 9.45. The van der Waals surface area contributed by atoms with E-state index in [0.29, 0.717) is 12.2 Å². The number of carbonyl (C=O) groups excluding carboxylic acids is 1. The van der Waals surface area contributed by atoms with Crippen molar-refractivity contribution in [1.29, 1.82) is 0 Å². The van der Waals surface area contributed by atoms with Crippen LogP contribution in [0.4, 0.5) is 4.79 Å². The molecule has 1 heterocycles. The van der Waals surface area contributed by atoms with Crippen molar-refractivity contribution in [1.82, 2.24) is 25.4 Å². The smallest absolute Gasteiger partial charge is 0.315 e. The second-order valence-corrected chi connectivity index (χ2v) is 4.70. The summed E-state index contributed by atoms with van der Waals surface area (Å²) in [7, 11) is 1.78. The average Bonchev–Trinajstić information content (AvgIpc) is 2.80. The maximum Gasteiger partial charge on any atom is 0.315 e. The molecule has 2 amide bonds.